The zero-order valence-corrected chi connectivity index (χ0v) is 26.6. The van der Waals surface area contributed by atoms with Gasteiger partial charge in [-0.25, -0.2) is 8.42 Å². The smallest absolute Gasteiger partial charge is 0.264 e. The molecule has 230 valence electrons. The first kappa shape index (κ1) is 32.8. The predicted molar refractivity (Wildman–Crippen MR) is 176 cm³/mol. The maximum atomic E-state index is 14.4. The number of amides is 2. The second-order valence-corrected chi connectivity index (χ2v) is 12.9. The van der Waals surface area contributed by atoms with E-state index in [2.05, 4.69) is 5.32 Å². The number of nitrogens with one attached hydrogen (secondary N) is 1. The van der Waals surface area contributed by atoms with Crippen LogP contribution in [0.2, 0.25) is 5.02 Å². The molecule has 0 aliphatic rings. The molecule has 0 aliphatic carbocycles. The summed E-state index contributed by atoms with van der Waals surface area (Å²) in [6.45, 7) is 3.93. The first-order valence-corrected chi connectivity index (χ1v) is 16.5. The number of hydrogen-bond acceptors (Lipinski definition) is 4. The van der Waals surface area contributed by atoms with Gasteiger partial charge in [0.25, 0.3) is 10.0 Å². The Bertz CT molecular complexity index is 1630. The molecule has 7 nitrogen and oxygen atoms in total. The number of carbonyl (C=O) groups is 2. The summed E-state index contributed by atoms with van der Waals surface area (Å²) in [5, 5.41) is 3.18. The number of unbranched alkanes of at least 4 members (excludes halogenated alkanes) is 1. The number of benzene rings is 4. The molecule has 44 heavy (non-hydrogen) atoms. The number of sulfonamides is 1. The molecule has 1 unspecified atom stereocenters. The van der Waals surface area contributed by atoms with E-state index in [0.717, 1.165) is 33.8 Å². The molecule has 0 saturated carbocycles. The van der Waals surface area contributed by atoms with Gasteiger partial charge in [0.1, 0.15) is 12.6 Å². The second kappa shape index (κ2) is 15.5. The van der Waals surface area contributed by atoms with Crippen LogP contribution in [0.3, 0.4) is 0 Å². The number of aryl methyl sites for hydroxylation is 1. The van der Waals surface area contributed by atoms with Crippen LogP contribution in [0.5, 0.6) is 0 Å². The zero-order chi connectivity index (χ0) is 31.5. The van der Waals surface area contributed by atoms with Crippen LogP contribution in [0.4, 0.5) is 5.69 Å². The molecular formula is C35H38ClN3O4S. The molecular weight excluding hydrogens is 594 g/mol. The van der Waals surface area contributed by atoms with Crippen LogP contribution in [0, 0.1) is 6.92 Å². The van der Waals surface area contributed by atoms with Crippen molar-refractivity contribution >= 4 is 39.1 Å². The van der Waals surface area contributed by atoms with Gasteiger partial charge in [0.15, 0.2) is 0 Å². The Morgan fingerprint density at radius 2 is 1.41 bits per heavy atom. The summed E-state index contributed by atoms with van der Waals surface area (Å²) in [7, 11) is -4.22. The van der Waals surface area contributed by atoms with Gasteiger partial charge in [-0.2, -0.15) is 0 Å². The highest BCUT2D eigenvalue weighted by atomic mass is 35.5. The molecule has 0 saturated heterocycles. The Balaban J connectivity index is 1.78. The van der Waals surface area contributed by atoms with E-state index in [9.17, 15) is 18.0 Å². The third-order valence-corrected chi connectivity index (χ3v) is 9.40. The fourth-order valence-corrected chi connectivity index (χ4v) is 6.57. The van der Waals surface area contributed by atoms with Gasteiger partial charge in [0, 0.05) is 19.5 Å². The topological polar surface area (TPSA) is 86.8 Å². The quantitative estimate of drug-likeness (QED) is 0.163. The van der Waals surface area contributed by atoms with Crippen LogP contribution in [-0.4, -0.2) is 44.3 Å². The first-order valence-electron chi connectivity index (χ1n) is 14.7. The highest BCUT2D eigenvalue weighted by molar-refractivity contribution is 7.92. The van der Waals surface area contributed by atoms with Gasteiger partial charge in [0.2, 0.25) is 11.8 Å². The Labute approximate surface area is 265 Å². The average molecular weight is 632 g/mol. The van der Waals surface area contributed by atoms with E-state index in [4.69, 9.17) is 11.6 Å². The van der Waals surface area contributed by atoms with Crippen LogP contribution in [-0.2, 0) is 32.6 Å². The standard InChI is InChI=1S/C35H38ClN3O4S/c1-3-4-23-37-35(41)33(24-28-13-7-5-8-14-28)38(25-29-15-9-6-10-16-29)34(40)26-39(32-18-12-11-17-31(32)36)44(42,43)30-21-19-27(2)20-22-30/h5-22,33H,3-4,23-26H2,1-2H3,(H,37,41). The fourth-order valence-electron chi connectivity index (χ4n) is 4.85. The van der Waals surface area contributed by atoms with E-state index in [0.29, 0.717) is 6.54 Å². The summed E-state index contributed by atoms with van der Waals surface area (Å²) in [6.07, 6.45) is 1.96. The third-order valence-electron chi connectivity index (χ3n) is 7.31. The van der Waals surface area contributed by atoms with Gasteiger partial charge < -0.3 is 10.2 Å². The molecule has 0 heterocycles. The summed E-state index contributed by atoms with van der Waals surface area (Å²) in [5.74, 6) is -0.826. The van der Waals surface area contributed by atoms with E-state index < -0.39 is 28.5 Å². The van der Waals surface area contributed by atoms with Crippen molar-refractivity contribution in [2.75, 3.05) is 17.4 Å². The van der Waals surface area contributed by atoms with Gasteiger partial charge in [-0.1, -0.05) is 115 Å². The van der Waals surface area contributed by atoms with Crippen molar-refractivity contribution in [2.45, 2.75) is 50.6 Å². The molecule has 0 aromatic heterocycles. The highest BCUT2D eigenvalue weighted by Gasteiger charge is 2.35. The molecule has 4 aromatic carbocycles. The van der Waals surface area contributed by atoms with Gasteiger partial charge in [-0.05, 0) is 48.7 Å². The highest BCUT2D eigenvalue weighted by Crippen LogP contribution is 2.31. The Hall–Kier alpha value is -4.14. The number of anilines is 1. The Morgan fingerprint density at radius 1 is 0.818 bits per heavy atom. The number of halogens is 1. The van der Waals surface area contributed by atoms with E-state index in [1.807, 2.05) is 74.5 Å². The van der Waals surface area contributed by atoms with Crippen molar-refractivity contribution in [3.05, 3.63) is 131 Å². The van der Waals surface area contributed by atoms with Crippen molar-refractivity contribution in [2.24, 2.45) is 0 Å². The van der Waals surface area contributed by atoms with Crippen LogP contribution in [0.15, 0.2) is 114 Å². The van der Waals surface area contributed by atoms with Crippen molar-refractivity contribution in [3.8, 4) is 0 Å². The first-order chi connectivity index (χ1) is 21.2. The summed E-state index contributed by atoms with van der Waals surface area (Å²) in [6, 6.07) is 30.9. The van der Waals surface area contributed by atoms with E-state index in [-0.39, 0.29) is 34.5 Å². The summed E-state index contributed by atoms with van der Waals surface area (Å²) in [4.78, 5) is 29.7. The van der Waals surface area contributed by atoms with Gasteiger partial charge in [-0.15, -0.1) is 0 Å². The largest absolute Gasteiger partial charge is 0.354 e. The lowest BCUT2D eigenvalue weighted by Gasteiger charge is -2.34. The number of rotatable bonds is 14. The summed E-state index contributed by atoms with van der Waals surface area (Å²) in [5.41, 5.74) is 2.76. The van der Waals surface area contributed by atoms with Gasteiger partial charge in [0.05, 0.1) is 15.6 Å². The lowest BCUT2D eigenvalue weighted by atomic mass is 10.0. The van der Waals surface area contributed by atoms with Gasteiger partial charge >= 0.3 is 0 Å². The van der Waals surface area contributed by atoms with Crippen LogP contribution >= 0.6 is 11.6 Å². The molecule has 1 N–H and O–H groups in total. The minimum absolute atomic E-state index is 0.0311. The fraction of sp³-hybridized carbons (Fsp3) is 0.257. The molecule has 0 bridgehead atoms. The average Bonchev–Trinajstić information content (AvgIpc) is 3.03. The Morgan fingerprint density at radius 3 is 2.02 bits per heavy atom. The molecule has 9 heteroatoms. The maximum Gasteiger partial charge on any atom is 0.264 e. The maximum absolute atomic E-state index is 14.4. The molecule has 0 spiro atoms. The molecule has 4 aromatic rings. The van der Waals surface area contributed by atoms with Crippen LogP contribution in [0.25, 0.3) is 0 Å². The predicted octanol–water partition coefficient (Wildman–Crippen LogP) is 6.40. The normalized spacial score (nSPS) is 11.9. The van der Waals surface area contributed by atoms with E-state index in [1.54, 1.807) is 36.4 Å². The number of carbonyl (C=O) groups excluding carboxylic acids is 2. The molecule has 0 fully saturated rings. The minimum atomic E-state index is -4.22. The Kier molecular flexibility index (Phi) is 11.6. The van der Waals surface area contributed by atoms with Crippen molar-refractivity contribution in [3.63, 3.8) is 0 Å². The number of nitrogens with zero attached hydrogens (tertiary/aromatic N) is 2. The van der Waals surface area contributed by atoms with E-state index in [1.165, 1.54) is 17.0 Å². The molecule has 1 atom stereocenters. The lowest BCUT2D eigenvalue weighted by molar-refractivity contribution is -0.140. The van der Waals surface area contributed by atoms with Crippen molar-refractivity contribution < 1.29 is 18.0 Å². The van der Waals surface area contributed by atoms with Gasteiger partial charge in [-0.3, -0.25) is 13.9 Å². The minimum Gasteiger partial charge on any atom is -0.354 e. The van der Waals surface area contributed by atoms with Crippen LogP contribution in [0.1, 0.15) is 36.5 Å². The summed E-state index contributed by atoms with van der Waals surface area (Å²) >= 11 is 6.53. The molecule has 2 amide bonds. The zero-order valence-electron chi connectivity index (χ0n) is 25.0. The second-order valence-electron chi connectivity index (χ2n) is 10.6. The number of para-hydroxylation sites is 1. The van der Waals surface area contributed by atoms with Crippen molar-refractivity contribution in [1.29, 1.82) is 0 Å². The molecule has 0 radical (unpaired) electrons. The summed E-state index contributed by atoms with van der Waals surface area (Å²) < 4.78 is 29.2. The van der Waals surface area contributed by atoms with Crippen molar-refractivity contribution in [1.82, 2.24) is 10.2 Å². The molecule has 4 rings (SSSR count). The molecule has 0 aliphatic heterocycles. The monoisotopic (exact) mass is 631 g/mol. The SMILES string of the molecule is CCCCNC(=O)C(Cc1ccccc1)N(Cc1ccccc1)C(=O)CN(c1ccccc1Cl)S(=O)(=O)c1ccc(C)cc1. The van der Waals surface area contributed by atoms with Crippen LogP contribution < -0.4 is 9.62 Å². The lowest BCUT2D eigenvalue weighted by Crippen LogP contribution is -2.53. The van der Waals surface area contributed by atoms with E-state index >= 15 is 0 Å². The third kappa shape index (κ3) is 8.49. The number of hydrogen-bond donors (Lipinski definition) is 1.